The molecular formula is C21H24ClFN2O4. The molecule has 0 aliphatic rings. The average Bonchev–Trinajstić information content (AvgIpc) is 2.65. The van der Waals surface area contributed by atoms with Crippen LogP contribution >= 0.6 is 11.6 Å². The molecule has 0 saturated carbocycles. The Morgan fingerprint density at radius 3 is 2.59 bits per heavy atom. The molecule has 0 bridgehead atoms. The van der Waals surface area contributed by atoms with Gasteiger partial charge in [-0.05, 0) is 36.2 Å². The SMILES string of the molecule is COc1cc(C(=O)N(C)CC(=O)Nc2cccc(F)c2)cc(Cl)c1OCC(C)C. The number of ether oxygens (including phenoxy) is 2. The number of hydrogen-bond donors (Lipinski definition) is 1. The van der Waals surface area contributed by atoms with Crippen LogP contribution in [0.2, 0.25) is 5.02 Å². The molecule has 0 aliphatic heterocycles. The first-order valence-corrected chi connectivity index (χ1v) is 9.40. The first kappa shape index (κ1) is 22.5. The number of anilines is 1. The molecule has 0 fully saturated rings. The number of carbonyl (C=O) groups is 2. The van der Waals surface area contributed by atoms with Crippen LogP contribution in [0.15, 0.2) is 36.4 Å². The zero-order chi connectivity index (χ0) is 21.6. The molecule has 0 saturated heterocycles. The monoisotopic (exact) mass is 422 g/mol. The summed E-state index contributed by atoms with van der Waals surface area (Å²) in [5.41, 5.74) is 0.567. The van der Waals surface area contributed by atoms with Gasteiger partial charge in [0, 0.05) is 18.3 Å². The van der Waals surface area contributed by atoms with Crippen LogP contribution in [0.3, 0.4) is 0 Å². The van der Waals surface area contributed by atoms with Crippen molar-refractivity contribution in [3.05, 3.63) is 52.8 Å². The number of amides is 2. The first-order valence-electron chi connectivity index (χ1n) is 9.02. The lowest BCUT2D eigenvalue weighted by Gasteiger charge is -2.19. The van der Waals surface area contributed by atoms with Crippen molar-refractivity contribution in [3.8, 4) is 11.5 Å². The van der Waals surface area contributed by atoms with Crippen molar-refractivity contribution in [2.45, 2.75) is 13.8 Å². The molecule has 0 atom stereocenters. The molecule has 6 nitrogen and oxygen atoms in total. The minimum atomic E-state index is -0.464. The summed E-state index contributed by atoms with van der Waals surface area (Å²) < 4.78 is 24.2. The van der Waals surface area contributed by atoms with Crippen LogP contribution in [0.5, 0.6) is 11.5 Å². The fourth-order valence-corrected chi connectivity index (χ4v) is 2.77. The van der Waals surface area contributed by atoms with E-state index in [0.717, 1.165) is 0 Å². The fraction of sp³-hybridized carbons (Fsp3) is 0.333. The molecule has 0 spiro atoms. The maximum Gasteiger partial charge on any atom is 0.254 e. The number of halogens is 2. The molecule has 2 aromatic carbocycles. The lowest BCUT2D eigenvalue weighted by Crippen LogP contribution is -2.35. The van der Waals surface area contributed by atoms with E-state index in [9.17, 15) is 14.0 Å². The minimum Gasteiger partial charge on any atom is -0.493 e. The number of nitrogens with one attached hydrogen (secondary N) is 1. The molecule has 2 rings (SSSR count). The van der Waals surface area contributed by atoms with E-state index < -0.39 is 17.6 Å². The summed E-state index contributed by atoms with van der Waals surface area (Å²) >= 11 is 6.28. The molecule has 156 valence electrons. The van der Waals surface area contributed by atoms with Crippen molar-refractivity contribution in [2.24, 2.45) is 5.92 Å². The maximum absolute atomic E-state index is 13.2. The maximum atomic E-state index is 13.2. The Balaban J connectivity index is 2.09. The quantitative estimate of drug-likeness (QED) is 0.691. The highest BCUT2D eigenvalue weighted by molar-refractivity contribution is 6.32. The molecule has 0 aromatic heterocycles. The summed E-state index contributed by atoms with van der Waals surface area (Å²) in [7, 11) is 2.94. The Kier molecular flexibility index (Phi) is 7.84. The van der Waals surface area contributed by atoms with E-state index in [4.69, 9.17) is 21.1 Å². The van der Waals surface area contributed by atoms with Gasteiger partial charge in [-0.15, -0.1) is 0 Å². The smallest absolute Gasteiger partial charge is 0.254 e. The number of methoxy groups -OCH3 is 1. The third-order valence-electron chi connectivity index (χ3n) is 3.87. The summed E-state index contributed by atoms with van der Waals surface area (Å²) in [6.45, 7) is 4.23. The van der Waals surface area contributed by atoms with Gasteiger partial charge in [-0.25, -0.2) is 4.39 Å². The highest BCUT2D eigenvalue weighted by Crippen LogP contribution is 2.37. The van der Waals surface area contributed by atoms with Crippen LogP contribution < -0.4 is 14.8 Å². The summed E-state index contributed by atoms with van der Waals surface area (Å²) in [4.78, 5) is 26.1. The van der Waals surface area contributed by atoms with Crippen molar-refractivity contribution in [3.63, 3.8) is 0 Å². The molecule has 2 amide bonds. The molecule has 8 heteroatoms. The zero-order valence-corrected chi connectivity index (χ0v) is 17.5. The van der Waals surface area contributed by atoms with E-state index >= 15 is 0 Å². The summed E-state index contributed by atoms with van der Waals surface area (Å²) in [6, 6.07) is 8.51. The number of benzene rings is 2. The van der Waals surface area contributed by atoms with E-state index in [0.29, 0.717) is 29.7 Å². The third-order valence-corrected chi connectivity index (χ3v) is 4.15. The van der Waals surface area contributed by atoms with Gasteiger partial charge in [0.05, 0.1) is 25.3 Å². The van der Waals surface area contributed by atoms with Gasteiger partial charge in [0.15, 0.2) is 11.5 Å². The topological polar surface area (TPSA) is 67.9 Å². The fourth-order valence-electron chi connectivity index (χ4n) is 2.51. The largest absolute Gasteiger partial charge is 0.493 e. The zero-order valence-electron chi connectivity index (χ0n) is 16.8. The van der Waals surface area contributed by atoms with Crippen LogP contribution in [-0.4, -0.2) is 44.0 Å². The van der Waals surface area contributed by atoms with Gasteiger partial charge in [0.1, 0.15) is 5.82 Å². The number of hydrogen-bond acceptors (Lipinski definition) is 4. The van der Waals surface area contributed by atoms with Gasteiger partial charge >= 0.3 is 0 Å². The van der Waals surface area contributed by atoms with Crippen molar-refractivity contribution in [1.82, 2.24) is 4.90 Å². The highest BCUT2D eigenvalue weighted by Gasteiger charge is 2.20. The van der Waals surface area contributed by atoms with Crippen molar-refractivity contribution >= 4 is 29.1 Å². The van der Waals surface area contributed by atoms with Crippen LogP contribution in [0.1, 0.15) is 24.2 Å². The average molecular weight is 423 g/mol. The van der Waals surface area contributed by atoms with Gasteiger partial charge in [0.2, 0.25) is 5.91 Å². The predicted molar refractivity (Wildman–Crippen MR) is 110 cm³/mol. The third kappa shape index (κ3) is 6.35. The van der Waals surface area contributed by atoms with Gasteiger partial charge in [-0.3, -0.25) is 9.59 Å². The van der Waals surface area contributed by atoms with Gasteiger partial charge in [-0.1, -0.05) is 31.5 Å². The molecule has 29 heavy (non-hydrogen) atoms. The van der Waals surface area contributed by atoms with Crippen molar-refractivity contribution < 1.29 is 23.5 Å². The highest BCUT2D eigenvalue weighted by atomic mass is 35.5. The molecule has 0 aliphatic carbocycles. The van der Waals surface area contributed by atoms with Gasteiger partial charge in [-0.2, -0.15) is 0 Å². The number of carbonyl (C=O) groups excluding carboxylic acids is 2. The molecule has 0 unspecified atom stereocenters. The van der Waals surface area contributed by atoms with Crippen LogP contribution in [0.4, 0.5) is 10.1 Å². The molecule has 2 aromatic rings. The molecule has 0 heterocycles. The van der Waals surface area contributed by atoms with Crippen molar-refractivity contribution in [2.75, 3.05) is 32.6 Å². The Hall–Kier alpha value is -2.80. The molecule has 0 radical (unpaired) electrons. The lowest BCUT2D eigenvalue weighted by molar-refractivity contribution is -0.116. The minimum absolute atomic E-state index is 0.221. The summed E-state index contributed by atoms with van der Waals surface area (Å²) in [5.74, 6) is -0.352. The van der Waals surface area contributed by atoms with Crippen molar-refractivity contribution in [1.29, 1.82) is 0 Å². The van der Waals surface area contributed by atoms with Crippen LogP contribution in [0, 0.1) is 11.7 Å². The summed E-state index contributed by atoms with van der Waals surface area (Å²) in [6.07, 6.45) is 0. The Bertz CT molecular complexity index is 889. The number of nitrogens with zero attached hydrogens (tertiary/aromatic N) is 1. The lowest BCUT2D eigenvalue weighted by atomic mass is 10.1. The Morgan fingerprint density at radius 2 is 1.97 bits per heavy atom. The van der Waals surface area contributed by atoms with E-state index in [1.165, 1.54) is 49.4 Å². The van der Waals surface area contributed by atoms with E-state index in [1.807, 2.05) is 13.8 Å². The second-order valence-corrected chi connectivity index (χ2v) is 7.32. The van der Waals surface area contributed by atoms with E-state index in [2.05, 4.69) is 5.32 Å². The van der Waals surface area contributed by atoms with Gasteiger partial charge < -0.3 is 19.7 Å². The van der Waals surface area contributed by atoms with E-state index in [-0.39, 0.29) is 17.1 Å². The normalized spacial score (nSPS) is 10.6. The molecule has 1 N–H and O–H groups in total. The Labute approximate surface area is 174 Å². The Morgan fingerprint density at radius 1 is 1.24 bits per heavy atom. The standard InChI is InChI=1S/C21H24ClFN2O4/c1-13(2)12-29-20-17(22)8-14(9-18(20)28-4)21(27)25(3)11-19(26)24-16-7-5-6-15(23)10-16/h5-10,13H,11-12H2,1-4H3,(H,24,26). The second-order valence-electron chi connectivity index (χ2n) is 6.91. The van der Waals surface area contributed by atoms with Gasteiger partial charge in [0.25, 0.3) is 5.91 Å². The first-order chi connectivity index (χ1) is 13.7. The molecular weight excluding hydrogens is 399 g/mol. The van der Waals surface area contributed by atoms with E-state index in [1.54, 1.807) is 6.07 Å². The predicted octanol–water partition coefficient (Wildman–Crippen LogP) is 4.23. The second kappa shape index (κ2) is 10.1. The number of likely N-dealkylation sites (N-methyl/N-ethyl adjacent to an activating group) is 1. The summed E-state index contributed by atoms with van der Waals surface area (Å²) in [5, 5.41) is 2.79. The van der Waals surface area contributed by atoms with Crippen LogP contribution in [0.25, 0.3) is 0 Å². The number of rotatable bonds is 8. The van der Waals surface area contributed by atoms with Crippen LogP contribution in [-0.2, 0) is 4.79 Å².